The van der Waals surface area contributed by atoms with Crippen LogP contribution in [0.1, 0.15) is 129 Å². The smallest absolute Gasteiger partial charge is 0.134 e. The summed E-state index contributed by atoms with van der Waals surface area (Å²) in [4.78, 5) is 0. The van der Waals surface area contributed by atoms with Crippen LogP contribution in [0.4, 0.5) is 17.6 Å². The fourth-order valence-corrected chi connectivity index (χ4v) is 8.89. The lowest BCUT2D eigenvalue weighted by atomic mass is 9.65. The Bertz CT molecular complexity index is 624. The SMILES string of the molecule is CCCCC1CCC(C2CCC(CCC3CCC(C4CCC(CC)CC4)C(F)C3F)CC2)C(F)C1F. The molecule has 0 bridgehead atoms. The molecule has 36 heavy (non-hydrogen) atoms. The van der Waals surface area contributed by atoms with Crippen LogP contribution in [0.2, 0.25) is 0 Å². The molecule has 0 aliphatic heterocycles. The van der Waals surface area contributed by atoms with Crippen molar-refractivity contribution < 1.29 is 17.6 Å². The summed E-state index contributed by atoms with van der Waals surface area (Å²) in [6, 6.07) is 0. The Morgan fingerprint density at radius 3 is 1.42 bits per heavy atom. The van der Waals surface area contributed by atoms with Crippen LogP contribution in [0.5, 0.6) is 0 Å². The molecule has 0 radical (unpaired) electrons. The molecular weight excluding hydrogens is 460 g/mol. The van der Waals surface area contributed by atoms with Crippen LogP contribution in [0.15, 0.2) is 0 Å². The Morgan fingerprint density at radius 1 is 0.472 bits per heavy atom. The van der Waals surface area contributed by atoms with E-state index in [1.54, 1.807) is 0 Å². The summed E-state index contributed by atoms with van der Waals surface area (Å²) in [5.41, 5.74) is 0. The van der Waals surface area contributed by atoms with Crippen molar-refractivity contribution in [1.29, 1.82) is 0 Å². The third-order valence-corrected chi connectivity index (χ3v) is 11.5. The van der Waals surface area contributed by atoms with Crippen molar-refractivity contribution in [2.45, 2.75) is 154 Å². The molecule has 8 unspecified atom stereocenters. The first kappa shape index (κ1) is 28.7. The van der Waals surface area contributed by atoms with E-state index in [4.69, 9.17) is 0 Å². The quantitative estimate of drug-likeness (QED) is 0.268. The predicted molar refractivity (Wildman–Crippen MR) is 142 cm³/mol. The van der Waals surface area contributed by atoms with E-state index in [9.17, 15) is 4.39 Å². The Kier molecular flexibility index (Phi) is 10.9. The van der Waals surface area contributed by atoms with Crippen molar-refractivity contribution in [2.75, 3.05) is 0 Å². The van der Waals surface area contributed by atoms with Crippen LogP contribution in [-0.4, -0.2) is 24.7 Å². The number of hydrogen-bond donors (Lipinski definition) is 0. The number of halogens is 4. The summed E-state index contributed by atoms with van der Waals surface area (Å²) in [5, 5.41) is 0. The predicted octanol–water partition coefficient (Wildman–Crippen LogP) is 10.4. The first-order chi connectivity index (χ1) is 17.4. The summed E-state index contributed by atoms with van der Waals surface area (Å²) < 4.78 is 60.2. The Morgan fingerprint density at radius 2 is 0.944 bits per heavy atom. The zero-order valence-corrected chi connectivity index (χ0v) is 23.2. The van der Waals surface area contributed by atoms with E-state index < -0.39 is 24.7 Å². The van der Waals surface area contributed by atoms with Gasteiger partial charge in [-0.15, -0.1) is 0 Å². The van der Waals surface area contributed by atoms with Gasteiger partial charge in [0.15, 0.2) is 0 Å². The minimum Gasteiger partial charge on any atom is -0.244 e. The molecule has 0 spiro atoms. The molecule has 0 amide bonds. The summed E-state index contributed by atoms with van der Waals surface area (Å²) in [5.74, 6) is 1.67. The van der Waals surface area contributed by atoms with Gasteiger partial charge in [0, 0.05) is 0 Å². The third-order valence-electron chi connectivity index (χ3n) is 11.5. The summed E-state index contributed by atoms with van der Waals surface area (Å²) in [6.07, 6.45) is 12.8. The molecule has 4 fully saturated rings. The van der Waals surface area contributed by atoms with Crippen molar-refractivity contribution >= 4 is 0 Å². The maximum Gasteiger partial charge on any atom is 0.134 e. The molecule has 0 aromatic rings. The highest BCUT2D eigenvalue weighted by Gasteiger charge is 2.45. The van der Waals surface area contributed by atoms with E-state index in [1.165, 1.54) is 19.3 Å². The number of unbranched alkanes of at least 4 members (excludes halogenated alkanes) is 1. The van der Waals surface area contributed by atoms with Gasteiger partial charge in [0.1, 0.15) is 24.7 Å². The van der Waals surface area contributed by atoms with E-state index in [1.807, 2.05) is 0 Å². The first-order valence-corrected chi connectivity index (χ1v) is 16.0. The highest BCUT2D eigenvalue weighted by Crippen LogP contribution is 2.48. The lowest BCUT2D eigenvalue weighted by molar-refractivity contribution is -0.0204. The monoisotopic (exact) mass is 514 g/mol. The molecule has 4 aliphatic carbocycles. The van der Waals surface area contributed by atoms with Gasteiger partial charge in [-0.2, -0.15) is 0 Å². The molecule has 210 valence electrons. The fraction of sp³-hybridized carbons (Fsp3) is 1.00. The Labute approximate surface area is 219 Å². The van der Waals surface area contributed by atoms with E-state index in [0.717, 1.165) is 102 Å². The lowest BCUT2D eigenvalue weighted by Gasteiger charge is -2.42. The van der Waals surface area contributed by atoms with Crippen molar-refractivity contribution in [3.63, 3.8) is 0 Å². The van der Waals surface area contributed by atoms with E-state index >= 15 is 13.2 Å². The highest BCUT2D eigenvalue weighted by molar-refractivity contribution is 4.94. The standard InChI is InChI=1S/C32H54F4/c1-3-5-6-25-17-19-27(31(35)29(25)33)24-14-9-22(10-15-24)11-16-26-18-20-28(32(36)30(26)34)23-12-7-21(4-2)8-13-23/h21-32H,3-20H2,1-2H3. The van der Waals surface area contributed by atoms with Gasteiger partial charge in [-0.05, 0) is 112 Å². The van der Waals surface area contributed by atoms with Crippen LogP contribution in [0, 0.1) is 47.3 Å². The summed E-state index contributed by atoms with van der Waals surface area (Å²) in [6.45, 7) is 4.35. The number of hydrogen-bond acceptors (Lipinski definition) is 0. The van der Waals surface area contributed by atoms with Crippen molar-refractivity contribution in [3.8, 4) is 0 Å². The normalized spacial score (nSPS) is 46.5. The molecule has 0 saturated heterocycles. The molecule has 0 aromatic heterocycles. The maximum absolute atomic E-state index is 15.2. The van der Waals surface area contributed by atoms with Gasteiger partial charge in [-0.3, -0.25) is 0 Å². The van der Waals surface area contributed by atoms with E-state index in [2.05, 4.69) is 13.8 Å². The molecule has 0 heterocycles. The molecule has 4 saturated carbocycles. The Balaban J connectivity index is 1.17. The number of rotatable bonds is 9. The zero-order chi connectivity index (χ0) is 25.7. The van der Waals surface area contributed by atoms with Gasteiger partial charge in [0.05, 0.1) is 0 Å². The topological polar surface area (TPSA) is 0 Å². The van der Waals surface area contributed by atoms with Gasteiger partial charge in [-0.1, -0.05) is 65.2 Å². The average molecular weight is 515 g/mol. The molecular formula is C32H54F4. The summed E-state index contributed by atoms with van der Waals surface area (Å²) >= 11 is 0. The first-order valence-electron chi connectivity index (χ1n) is 16.0. The van der Waals surface area contributed by atoms with Crippen molar-refractivity contribution in [2.24, 2.45) is 47.3 Å². The second-order valence-electron chi connectivity index (χ2n) is 13.5. The second-order valence-corrected chi connectivity index (χ2v) is 13.5. The summed E-state index contributed by atoms with van der Waals surface area (Å²) in [7, 11) is 0. The van der Waals surface area contributed by atoms with Crippen LogP contribution < -0.4 is 0 Å². The molecule has 8 atom stereocenters. The Hall–Kier alpha value is -0.280. The highest BCUT2D eigenvalue weighted by atomic mass is 19.2. The lowest BCUT2D eigenvalue weighted by Crippen LogP contribution is -2.42. The molecule has 4 rings (SSSR count). The van der Waals surface area contributed by atoms with Crippen molar-refractivity contribution in [1.82, 2.24) is 0 Å². The van der Waals surface area contributed by atoms with E-state index in [-0.39, 0.29) is 23.7 Å². The molecule has 4 heteroatoms. The van der Waals surface area contributed by atoms with Gasteiger partial charge in [0.25, 0.3) is 0 Å². The van der Waals surface area contributed by atoms with Crippen LogP contribution in [0.3, 0.4) is 0 Å². The fourth-order valence-electron chi connectivity index (χ4n) is 8.89. The maximum atomic E-state index is 15.2. The average Bonchev–Trinajstić information content (AvgIpc) is 2.91. The van der Waals surface area contributed by atoms with Crippen LogP contribution >= 0.6 is 0 Å². The third kappa shape index (κ3) is 6.83. The second kappa shape index (κ2) is 13.7. The molecule has 4 aliphatic rings. The number of alkyl halides is 4. The van der Waals surface area contributed by atoms with Gasteiger partial charge in [0.2, 0.25) is 0 Å². The van der Waals surface area contributed by atoms with Gasteiger partial charge in [-0.25, -0.2) is 17.6 Å². The van der Waals surface area contributed by atoms with E-state index in [0.29, 0.717) is 17.8 Å². The zero-order valence-electron chi connectivity index (χ0n) is 23.2. The largest absolute Gasteiger partial charge is 0.244 e. The molecule has 0 aromatic carbocycles. The van der Waals surface area contributed by atoms with Crippen molar-refractivity contribution in [3.05, 3.63) is 0 Å². The molecule has 0 N–H and O–H groups in total. The van der Waals surface area contributed by atoms with Gasteiger partial charge >= 0.3 is 0 Å². The van der Waals surface area contributed by atoms with Crippen LogP contribution in [0.25, 0.3) is 0 Å². The van der Waals surface area contributed by atoms with Crippen LogP contribution in [-0.2, 0) is 0 Å². The minimum atomic E-state index is -1.29. The minimum absolute atomic E-state index is 0.0606. The van der Waals surface area contributed by atoms with Gasteiger partial charge < -0.3 is 0 Å². The molecule has 0 nitrogen and oxygen atoms in total.